The maximum absolute atomic E-state index is 13.6. The van der Waals surface area contributed by atoms with E-state index in [9.17, 15) is 9.18 Å². The van der Waals surface area contributed by atoms with Gasteiger partial charge in [-0.05, 0) is 55.7 Å². The Morgan fingerprint density at radius 3 is 2.63 bits per heavy atom. The fourth-order valence-electron chi connectivity index (χ4n) is 3.71. The molecule has 1 amide bonds. The van der Waals surface area contributed by atoms with Crippen molar-refractivity contribution in [3.8, 4) is 5.69 Å². The molecule has 0 aliphatic heterocycles. The number of pyridine rings is 1. The lowest BCUT2D eigenvalue weighted by Crippen LogP contribution is -2.14. The van der Waals surface area contributed by atoms with E-state index in [4.69, 9.17) is 10.1 Å². The lowest BCUT2D eigenvalue weighted by molar-refractivity contribution is 0.102. The molecule has 0 atom stereocenters. The van der Waals surface area contributed by atoms with Crippen molar-refractivity contribution < 1.29 is 9.18 Å². The summed E-state index contributed by atoms with van der Waals surface area (Å²) in [6.45, 7) is 2.01. The van der Waals surface area contributed by atoms with Gasteiger partial charge < -0.3 is 5.32 Å². The van der Waals surface area contributed by atoms with E-state index in [2.05, 4.69) is 5.32 Å². The van der Waals surface area contributed by atoms with Crippen LogP contribution in [-0.2, 0) is 6.42 Å². The van der Waals surface area contributed by atoms with E-state index in [1.807, 2.05) is 48.0 Å². The molecule has 1 saturated carbocycles. The average molecular weight is 400 g/mol. The first kappa shape index (κ1) is 18.5. The smallest absolute Gasteiger partial charge is 0.256 e. The number of halogens is 1. The molecule has 2 heterocycles. The number of aryl methyl sites for hydroxylation is 1. The third kappa shape index (κ3) is 3.34. The third-order valence-electron chi connectivity index (χ3n) is 5.37. The summed E-state index contributed by atoms with van der Waals surface area (Å²) < 4.78 is 15.4. The normalized spacial score (nSPS) is 13.5. The van der Waals surface area contributed by atoms with Crippen molar-refractivity contribution in [2.45, 2.75) is 32.1 Å². The molecule has 5 nitrogen and oxygen atoms in total. The van der Waals surface area contributed by atoms with Gasteiger partial charge in [-0.1, -0.05) is 31.2 Å². The van der Waals surface area contributed by atoms with Gasteiger partial charge in [-0.25, -0.2) is 14.1 Å². The molecule has 0 radical (unpaired) electrons. The molecule has 150 valence electrons. The van der Waals surface area contributed by atoms with Gasteiger partial charge in [0, 0.05) is 17.3 Å². The van der Waals surface area contributed by atoms with Crippen LogP contribution in [0.2, 0.25) is 0 Å². The summed E-state index contributed by atoms with van der Waals surface area (Å²) in [5, 5.41) is 8.49. The Morgan fingerprint density at radius 2 is 1.93 bits per heavy atom. The minimum absolute atomic E-state index is 0.280. The number of nitrogens with zero attached hydrogens (tertiary/aromatic N) is 3. The van der Waals surface area contributed by atoms with Gasteiger partial charge in [-0.15, -0.1) is 0 Å². The third-order valence-corrected chi connectivity index (χ3v) is 5.37. The molecule has 0 bridgehead atoms. The Hall–Kier alpha value is -3.54. The van der Waals surface area contributed by atoms with Crippen molar-refractivity contribution in [3.63, 3.8) is 0 Å². The molecule has 30 heavy (non-hydrogen) atoms. The van der Waals surface area contributed by atoms with E-state index in [0.717, 1.165) is 35.3 Å². The summed E-state index contributed by atoms with van der Waals surface area (Å²) in [5.74, 6) is -0.331. The van der Waals surface area contributed by atoms with Crippen LogP contribution in [0.4, 0.5) is 10.1 Å². The number of carbonyl (C=O) groups is 1. The quantitative estimate of drug-likeness (QED) is 0.498. The Labute approximate surface area is 173 Å². The van der Waals surface area contributed by atoms with Crippen LogP contribution >= 0.6 is 0 Å². The Morgan fingerprint density at radius 1 is 1.13 bits per heavy atom. The SMILES string of the molecule is CCc1cc(C(=O)Nc2cccc(F)c2)c2c(C3CC3)nn(-c3ccccc3)c2n1. The predicted octanol–water partition coefficient (Wildman–Crippen LogP) is 5.25. The molecule has 2 aromatic heterocycles. The summed E-state index contributed by atoms with van der Waals surface area (Å²) >= 11 is 0. The largest absolute Gasteiger partial charge is 0.322 e. The van der Waals surface area contributed by atoms with E-state index in [1.54, 1.807) is 12.1 Å². The molecular weight excluding hydrogens is 379 g/mol. The lowest BCUT2D eigenvalue weighted by atomic mass is 10.1. The first-order valence-electron chi connectivity index (χ1n) is 10.2. The molecular formula is C24H21FN4O. The highest BCUT2D eigenvalue weighted by atomic mass is 19.1. The number of hydrogen-bond donors (Lipinski definition) is 1. The molecule has 1 aliphatic rings. The number of fused-ring (bicyclic) bond motifs is 1. The minimum Gasteiger partial charge on any atom is -0.322 e. The number of amides is 1. The van der Waals surface area contributed by atoms with E-state index < -0.39 is 5.82 Å². The molecule has 4 aromatic rings. The van der Waals surface area contributed by atoms with Gasteiger partial charge in [-0.2, -0.15) is 5.10 Å². The van der Waals surface area contributed by atoms with Crippen LogP contribution in [0, 0.1) is 5.82 Å². The zero-order valence-corrected chi connectivity index (χ0v) is 16.6. The molecule has 6 heteroatoms. The number of hydrogen-bond acceptors (Lipinski definition) is 3. The number of aromatic nitrogens is 3. The van der Waals surface area contributed by atoms with Crippen LogP contribution in [0.1, 0.15) is 47.4 Å². The molecule has 0 spiro atoms. The van der Waals surface area contributed by atoms with Crippen molar-refractivity contribution in [2.75, 3.05) is 5.32 Å². The van der Waals surface area contributed by atoms with Crippen molar-refractivity contribution in [1.29, 1.82) is 0 Å². The lowest BCUT2D eigenvalue weighted by Gasteiger charge is -2.10. The highest BCUT2D eigenvalue weighted by Crippen LogP contribution is 2.43. The highest BCUT2D eigenvalue weighted by Gasteiger charge is 2.32. The second-order valence-electron chi connectivity index (χ2n) is 7.58. The minimum atomic E-state index is -0.391. The maximum atomic E-state index is 13.6. The van der Waals surface area contributed by atoms with Gasteiger partial charge >= 0.3 is 0 Å². The highest BCUT2D eigenvalue weighted by molar-refractivity contribution is 6.13. The van der Waals surface area contributed by atoms with Gasteiger partial charge in [0.05, 0.1) is 22.3 Å². The van der Waals surface area contributed by atoms with Crippen molar-refractivity contribution in [2.24, 2.45) is 0 Å². The fourth-order valence-corrected chi connectivity index (χ4v) is 3.71. The summed E-state index contributed by atoms with van der Waals surface area (Å²) in [5.41, 5.74) is 4.27. The van der Waals surface area contributed by atoms with Crippen LogP contribution in [0.5, 0.6) is 0 Å². The maximum Gasteiger partial charge on any atom is 0.256 e. The second kappa shape index (κ2) is 7.37. The van der Waals surface area contributed by atoms with Crippen LogP contribution in [-0.4, -0.2) is 20.7 Å². The molecule has 1 aliphatic carbocycles. The van der Waals surface area contributed by atoms with Crippen molar-refractivity contribution in [1.82, 2.24) is 14.8 Å². The van der Waals surface area contributed by atoms with Crippen LogP contribution in [0.25, 0.3) is 16.7 Å². The Balaban J connectivity index is 1.69. The van der Waals surface area contributed by atoms with E-state index >= 15 is 0 Å². The Bertz CT molecular complexity index is 1250. The van der Waals surface area contributed by atoms with Gasteiger partial charge in [0.25, 0.3) is 5.91 Å². The van der Waals surface area contributed by atoms with E-state index in [0.29, 0.717) is 29.2 Å². The monoisotopic (exact) mass is 400 g/mol. The number of nitrogens with one attached hydrogen (secondary N) is 1. The number of rotatable bonds is 5. The number of benzene rings is 2. The predicted molar refractivity (Wildman–Crippen MR) is 115 cm³/mol. The molecule has 2 aromatic carbocycles. The molecule has 5 rings (SSSR count). The van der Waals surface area contributed by atoms with Gasteiger partial charge in [0.15, 0.2) is 5.65 Å². The van der Waals surface area contributed by atoms with Gasteiger partial charge in [0.2, 0.25) is 0 Å². The van der Waals surface area contributed by atoms with Crippen LogP contribution in [0.3, 0.4) is 0 Å². The first-order valence-corrected chi connectivity index (χ1v) is 10.2. The topological polar surface area (TPSA) is 59.8 Å². The average Bonchev–Trinajstić information content (AvgIpc) is 3.54. The zero-order chi connectivity index (χ0) is 20.7. The molecule has 1 fully saturated rings. The Kier molecular flexibility index (Phi) is 4.54. The van der Waals surface area contributed by atoms with Crippen LogP contribution < -0.4 is 5.32 Å². The summed E-state index contributed by atoms with van der Waals surface area (Å²) in [4.78, 5) is 18.1. The van der Waals surface area contributed by atoms with E-state index in [1.165, 1.54) is 12.1 Å². The number of anilines is 1. The van der Waals surface area contributed by atoms with Crippen molar-refractivity contribution >= 4 is 22.6 Å². The molecule has 1 N–H and O–H groups in total. The summed E-state index contributed by atoms with van der Waals surface area (Å²) in [7, 11) is 0. The van der Waals surface area contributed by atoms with Crippen LogP contribution in [0.15, 0.2) is 60.7 Å². The second-order valence-corrected chi connectivity index (χ2v) is 7.58. The van der Waals surface area contributed by atoms with Gasteiger partial charge in [-0.3, -0.25) is 4.79 Å². The standard InChI is InChI=1S/C24H21FN4O/c1-2-17-14-20(24(30)27-18-8-6-7-16(25)13-18)21-22(15-11-12-15)28-29(23(21)26-17)19-9-4-3-5-10-19/h3-10,13-15H,2,11-12H2,1H3,(H,27,30). The molecule has 0 saturated heterocycles. The van der Waals surface area contributed by atoms with Crippen molar-refractivity contribution in [3.05, 3.63) is 83.4 Å². The summed E-state index contributed by atoms with van der Waals surface area (Å²) in [6, 6.07) is 17.6. The fraction of sp³-hybridized carbons (Fsp3) is 0.208. The molecule has 0 unspecified atom stereocenters. The number of para-hydroxylation sites is 1. The number of carbonyl (C=O) groups excluding carboxylic acids is 1. The van der Waals surface area contributed by atoms with Gasteiger partial charge in [0.1, 0.15) is 5.82 Å². The summed E-state index contributed by atoms with van der Waals surface area (Å²) in [6.07, 6.45) is 2.80. The first-order chi connectivity index (χ1) is 14.6. The van der Waals surface area contributed by atoms with E-state index in [-0.39, 0.29) is 5.91 Å². The zero-order valence-electron chi connectivity index (χ0n) is 16.6.